The largest absolute Gasteiger partial charge is 0.311 e. The molecule has 0 aliphatic rings. The smallest absolute Gasteiger partial charge is 0.272 e. The molecule has 0 bridgehead atoms. The van der Waals surface area contributed by atoms with Gasteiger partial charge in [0.1, 0.15) is 0 Å². The molecule has 1 N–H and O–H groups in total. The molecule has 0 aliphatic carbocycles. The van der Waals surface area contributed by atoms with Gasteiger partial charge in [0.15, 0.2) is 0 Å². The summed E-state index contributed by atoms with van der Waals surface area (Å²) < 4.78 is 26.5. The molecule has 4 heteroatoms. The monoisotopic (exact) mass is 208 g/mol. The number of rotatable bonds is 7. The topological polar surface area (TPSA) is 15.3 Å². The van der Waals surface area contributed by atoms with E-state index in [1.165, 1.54) is 0 Å². The van der Waals surface area contributed by atoms with Crippen LogP contribution in [0.2, 0.25) is 0 Å². The average Bonchev–Trinajstić information content (AvgIpc) is 2.12. The number of nitrogens with zero attached hydrogens (tertiary/aromatic N) is 1. The van der Waals surface area contributed by atoms with E-state index in [9.17, 15) is 8.78 Å². The van der Waals surface area contributed by atoms with Crippen molar-refractivity contribution in [1.29, 1.82) is 0 Å². The Labute approximate surface area is 85.7 Å². The first-order valence-electron chi connectivity index (χ1n) is 5.21. The minimum atomic E-state index is -2.63. The van der Waals surface area contributed by atoms with Crippen molar-refractivity contribution in [2.75, 3.05) is 26.7 Å². The number of hydrogen-bond donors (Lipinski definition) is 1. The highest BCUT2D eigenvalue weighted by Gasteiger charge is 2.30. The van der Waals surface area contributed by atoms with Gasteiger partial charge < -0.3 is 5.32 Å². The minimum Gasteiger partial charge on any atom is -0.311 e. The second kappa shape index (κ2) is 6.30. The van der Waals surface area contributed by atoms with Gasteiger partial charge in [0.2, 0.25) is 0 Å². The summed E-state index contributed by atoms with van der Waals surface area (Å²) in [5.41, 5.74) is 0. The quantitative estimate of drug-likeness (QED) is 0.688. The zero-order valence-corrected chi connectivity index (χ0v) is 9.61. The lowest BCUT2D eigenvalue weighted by molar-refractivity contribution is -0.0321. The van der Waals surface area contributed by atoms with Crippen molar-refractivity contribution in [3.05, 3.63) is 0 Å². The lowest BCUT2D eigenvalue weighted by atomic mass is 10.2. The fourth-order valence-corrected chi connectivity index (χ4v) is 1.20. The molecule has 14 heavy (non-hydrogen) atoms. The second-order valence-corrected chi connectivity index (χ2v) is 3.81. The van der Waals surface area contributed by atoms with E-state index in [4.69, 9.17) is 0 Å². The van der Waals surface area contributed by atoms with Crippen LogP contribution in [0.15, 0.2) is 0 Å². The van der Waals surface area contributed by atoms with E-state index >= 15 is 0 Å². The molecule has 0 aromatic heterocycles. The molecule has 0 fully saturated rings. The molecule has 0 aromatic carbocycles. The van der Waals surface area contributed by atoms with Gasteiger partial charge in [-0.2, -0.15) is 0 Å². The third kappa shape index (κ3) is 5.50. The van der Waals surface area contributed by atoms with Crippen LogP contribution in [0.4, 0.5) is 8.78 Å². The molecule has 0 rings (SSSR count). The van der Waals surface area contributed by atoms with Crippen molar-refractivity contribution in [1.82, 2.24) is 10.2 Å². The molecule has 0 aliphatic heterocycles. The van der Waals surface area contributed by atoms with Crippen LogP contribution >= 0.6 is 0 Å². The molecule has 0 aromatic rings. The number of nitrogens with one attached hydrogen (secondary N) is 1. The summed E-state index contributed by atoms with van der Waals surface area (Å²) in [6, 6.07) is 0.211. The van der Waals surface area contributed by atoms with Crippen molar-refractivity contribution in [3.8, 4) is 0 Å². The average molecular weight is 208 g/mol. The number of halogens is 2. The van der Waals surface area contributed by atoms with E-state index < -0.39 is 5.92 Å². The minimum absolute atomic E-state index is 0.172. The standard InChI is InChI=1S/C10H22F2N2/c1-5-9(3)14(4)8-10(11,12)7-13-6-2/h9,13H,5-8H2,1-4H3. The van der Waals surface area contributed by atoms with Crippen LogP contribution < -0.4 is 5.32 Å². The first kappa shape index (κ1) is 13.8. The highest BCUT2D eigenvalue weighted by Crippen LogP contribution is 2.15. The van der Waals surface area contributed by atoms with E-state index in [1.807, 2.05) is 20.8 Å². The van der Waals surface area contributed by atoms with Crippen molar-refractivity contribution in [2.45, 2.75) is 39.2 Å². The van der Waals surface area contributed by atoms with Crippen molar-refractivity contribution < 1.29 is 8.78 Å². The molecule has 0 saturated carbocycles. The maximum atomic E-state index is 13.3. The lowest BCUT2D eigenvalue weighted by Crippen LogP contribution is -2.44. The van der Waals surface area contributed by atoms with Crippen LogP contribution in [0, 0.1) is 0 Å². The Bertz CT molecular complexity index is 151. The van der Waals surface area contributed by atoms with Crippen LogP contribution in [0.5, 0.6) is 0 Å². The molecule has 2 nitrogen and oxygen atoms in total. The number of alkyl halides is 2. The van der Waals surface area contributed by atoms with Crippen molar-refractivity contribution in [2.24, 2.45) is 0 Å². The third-order valence-corrected chi connectivity index (χ3v) is 2.46. The van der Waals surface area contributed by atoms with Crippen LogP contribution in [0.25, 0.3) is 0 Å². The molecular formula is C10H22F2N2. The van der Waals surface area contributed by atoms with E-state index in [-0.39, 0.29) is 19.1 Å². The zero-order valence-electron chi connectivity index (χ0n) is 9.61. The molecule has 1 atom stereocenters. The highest BCUT2D eigenvalue weighted by molar-refractivity contribution is 4.75. The zero-order chi connectivity index (χ0) is 11.2. The van der Waals surface area contributed by atoms with Gasteiger partial charge in [-0.05, 0) is 26.9 Å². The fourth-order valence-electron chi connectivity index (χ4n) is 1.20. The maximum Gasteiger partial charge on any atom is 0.272 e. The SMILES string of the molecule is CCNCC(F)(F)CN(C)C(C)CC. The molecule has 1 unspecified atom stereocenters. The van der Waals surface area contributed by atoms with Crippen LogP contribution in [0.3, 0.4) is 0 Å². The van der Waals surface area contributed by atoms with Crippen molar-refractivity contribution in [3.63, 3.8) is 0 Å². The maximum absolute atomic E-state index is 13.3. The van der Waals surface area contributed by atoms with E-state index in [0.29, 0.717) is 6.54 Å². The van der Waals surface area contributed by atoms with Crippen molar-refractivity contribution >= 4 is 0 Å². The molecule has 0 heterocycles. The Hall–Kier alpha value is -0.220. The summed E-state index contributed by atoms with van der Waals surface area (Å²) in [6.07, 6.45) is 0.897. The van der Waals surface area contributed by atoms with E-state index in [1.54, 1.807) is 11.9 Å². The summed E-state index contributed by atoms with van der Waals surface area (Å²) in [5, 5.41) is 2.67. The predicted octanol–water partition coefficient (Wildman–Crippen LogP) is 1.96. The van der Waals surface area contributed by atoms with Gasteiger partial charge in [0.25, 0.3) is 5.92 Å². The molecule has 0 amide bonds. The highest BCUT2D eigenvalue weighted by atomic mass is 19.3. The Kier molecular flexibility index (Phi) is 6.20. The first-order chi connectivity index (χ1) is 6.43. The third-order valence-electron chi connectivity index (χ3n) is 2.46. The summed E-state index contributed by atoms with van der Waals surface area (Å²) in [6.45, 7) is 5.98. The summed E-state index contributed by atoms with van der Waals surface area (Å²) in [4.78, 5) is 1.71. The van der Waals surface area contributed by atoms with Gasteiger partial charge in [-0.25, -0.2) is 8.78 Å². The van der Waals surface area contributed by atoms with Gasteiger partial charge in [-0.3, -0.25) is 4.90 Å². The van der Waals surface area contributed by atoms with Crippen LogP contribution in [-0.4, -0.2) is 43.5 Å². The summed E-state index contributed by atoms with van der Waals surface area (Å²) >= 11 is 0. The predicted molar refractivity (Wildman–Crippen MR) is 55.9 cm³/mol. The van der Waals surface area contributed by atoms with E-state index in [2.05, 4.69) is 5.32 Å². The molecule has 0 saturated heterocycles. The molecule has 0 spiro atoms. The lowest BCUT2D eigenvalue weighted by Gasteiger charge is -2.28. The molecule has 0 radical (unpaired) electrons. The first-order valence-corrected chi connectivity index (χ1v) is 5.21. The van der Waals surface area contributed by atoms with Gasteiger partial charge in [-0.1, -0.05) is 13.8 Å². The number of hydrogen-bond acceptors (Lipinski definition) is 2. The molecule has 86 valence electrons. The van der Waals surface area contributed by atoms with E-state index in [0.717, 1.165) is 6.42 Å². The van der Waals surface area contributed by atoms with Gasteiger partial charge in [0.05, 0.1) is 13.1 Å². The normalized spacial score (nSPS) is 14.8. The Morgan fingerprint density at radius 1 is 1.36 bits per heavy atom. The Morgan fingerprint density at radius 3 is 2.36 bits per heavy atom. The van der Waals surface area contributed by atoms with Gasteiger partial charge >= 0.3 is 0 Å². The summed E-state index contributed by atoms with van der Waals surface area (Å²) in [5.74, 6) is -2.63. The Balaban J connectivity index is 3.93. The second-order valence-electron chi connectivity index (χ2n) is 3.81. The van der Waals surface area contributed by atoms with Gasteiger partial charge in [-0.15, -0.1) is 0 Å². The Morgan fingerprint density at radius 2 is 1.93 bits per heavy atom. The fraction of sp³-hybridized carbons (Fsp3) is 1.00. The van der Waals surface area contributed by atoms with Crippen LogP contribution in [-0.2, 0) is 0 Å². The molecular weight excluding hydrogens is 186 g/mol. The van der Waals surface area contributed by atoms with Crippen LogP contribution in [0.1, 0.15) is 27.2 Å². The van der Waals surface area contributed by atoms with Gasteiger partial charge in [0, 0.05) is 6.04 Å². The summed E-state index contributed by atoms with van der Waals surface area (Å²) in [7, 11) is 1.74.